The maximum atomic E-state index is 4.48. The van der Waals surface area contributed by atoms with Crippen LogP contribution in [0.1, 0.15) is 57.7 Å². The van der Waals surface area contributed by atoms with E-state index in [0.29, 0.717) is 18.4 Å². The molecule has 27 heavy (non-hydrogen) atoms. The van der Waals surface area contributed by atoms with Gasteiger partial charge in [0.1, 0.15) is 6.34 Å². The smallest absolute Gasteiger partial charge is 0.103 e. The summed E-state index contributed by atoms with van der Waals surface area (Å²) >= 11 is 0. The second kappa shape index (κ2) is 10.5. The maximum absolute atomic E-state index is 4.48. The quantitative estimate of drug-likeness (QED) is 0.395. The Bertz CT molecular complexity index is 828. The lowest BCUT2D eigenvalue weighted by Gasteiger charge is -2.19. The number of aromatic amines is 1. The molecule has 144 valence electrons. The molecule has 0 saturated heterocycles. The minimum absolute atomic E-state index is 0.351. The number of hydrazone groups is 1. The first kappa shape index (κ1) is 20.6. The molecule has 0 radical (unpaired) electrons. The van der Waals surface area contributed by atoms with Crippen LogP contribution in [0.4, 0.5) is 0 Å². The fraction of sp³-hybridized carbons (Fsp3) is 0.409. The average Bonchev–Trinajstić information content (AvgIpc) is 3.15. The van der Waals surface area contributed by atoms with E-state index in [9.17, 15) is 0 Å². The number of benzene rings is 1. The van der Waals surface area contributed by atoms with Gasteiger partial charge in [0, 0.05) is 18.0 Å². The molecule has 1 aromatic heterocycles. The van der Waals surface area contributed by atoms with Crippen LogP contribution in [0.3, 0.4) is 0 Å². The first-order valence-corrected chi connectivity index (χ1v) is 9.77. The second-order valence-corrected chi connectivity index (χ2v) is 6.47. The molecule has 1 aliphatic rings. The molecule has 5 heteroatoms. The van der Waals surface area contributed by atoms with E-state index < -0.39 is 0 Å². The fourth-order valence-corrected chi connectivity index (χ4v) is 3.16. The van der Waals surface area contributed by atoms with Crippen molar-refractivity contribution >= 4 is 24.0 Å². The first-order valence-electron chi connectivity index (χ1n) is 9.77. The standard InChI is InChI=1S/C20H25N5.C2H6/c1-4-14(2)16-6-5-7-17(11-16)20-18-10-15(12-22-13-23-21-3)8-9-19(18)24-25-20;1-2/h5-6,8-11,13-14,17H,3-4,7,12H2,1-2H3,(H,22,23)(H,24,25);1-2H3. The SMILES string of the molecule is C=NNC=NCc1ccc2n[nH]c(C3C=C(C(C)CC)C=CC3)c2c1.CC. The predicted octanol–water partition coefficient (Wildman–Crippen LogP) is 5.34. The second-order valence-electron chi connectivity index (χ2n) is 6.47. The molecule has 2 atom stereocenters. The van der Waals surface area contributed by atoms with Gasteiger partial charge in [0.25, 0.3) is 0 Å². The van der Waals surface area contributed by atoms with E-state index in [1.54, 1.807) is 6.34 Å². The third-order valence-corrected chi connectivity index (χ3v) is 4.81. The highest BCUT2D eigenvalue weighted by atomic mass is 15.3. The minimum Gasteiger partial charge on any atom is -0.281 e. The molecule has 0 aliphatic heterocycles. The highest BCUT2D eigenvalue weighted by molar-refractivity contribution is 5.83. The van der Waals surface area contributed by atoms with E-state index in [2.05, 4.69) is 82.7 Å². The van der Waals surface area contributed by atoms with Crippen molar-refractivity contribution in [2.45, 2.75) is 53.0 Å². The molecule has 5 nitrogen and oxygen atoms in total. The maximum Gasteiger partial charge on any atom is 0.103 e. The zero-order chi connectivity index (χ0) is 19.6. The lowest BCUT2D eigenvalue weighted by Crippen LogP contribution is -2.05. The van der Waals surface area contributed by atoms with Gasteiger partial charge >= 0.3 is 0 Å². The van der Waals surface area contributed by atoms with Crippen molar-refractivity contribution in [3.8, 4) is 0 Å². The Morgan fingerprint density at radius 3 is 2.96 bits per heavy atom. The Labute approximate surface area is 162 Å². The molecule has 2 N–H and O–H groups in total. The molecular weight excluding hydrogens is 334 g/mol. The lowest BCUT2D eigenvalue weighted by atomic mass is 9.86. The molecule has 0 amide bonds. The normalized spacial score (nSPS) is 17.3. The Balaban J connectivity index is 0.00000126. The number of aromatic nitrogens is 2. The Morgan fingerprint density at radius 1 is 1.41 bits per heavy atom. The summed E-state index contributed by atoms with van der Waals surface area (Å²) in [5.74, 6) is 0.938. The third kappa shape index (κ3) is 5.16. The predicted molar refractivity (Wildman–Crippen MR) is 116 cm³/mol. The number of H-pyrrole nitrogens is 1. The van der Waals surface area contributed by atoms with Gasteiger partial charge < -0.3 is 0 Å². The topological polar surface area (TPSA) is 65.4 Å². The summed E-state index contributed by atoms with van der Waals surface area (Å²) in [7, 11) is 0. The highest BCUT2D eigenvalue weighted by Gasteiger charge is 2.18. The van der Waals surface area contributed by atoms with Crippen molar-refractivity contribution in [1.29, 1.82) is 0 Å². The zero-order valence-electron chi connectivity index (χ0n) is 16.9. The van der Waals surface area contributed by atoms with Gasteiger partial charge in [-0.05, 0) is 42.0 Å². The molecule has 1 aliphatic carbocycles. The van der Waals surface area contributed by atoms with Gasteiger partial charge in [-0.1, -0.05) is 52.0 Å². The molecule has 0 spiro atoms. The van der Waals surface area contributed by atoms with Gasteiger partial charge in [-0.3, -0.25) is 15.5 Å². The van der Waals surface area contributed by atoms with Crippen LogP contribution >= 0.6 is 0 Å². The number of allylic oxidation sites excluding steroid dienone is 4. The largest absolute Gasteiger partial charge is 0.281 e. The number of hydrogen-bond acceptors (Lipinski definition) is 3. The van der Waals surface area contributed by atoms with Crippen molar-refractivity contribution in [2.24, 2.45) is 16.0 Å². The summed E-state index contributed by atoms with van der Waals surface area (Å²) in [5.41, 5.74) is 7.39. The summed E-state index contributed by atoms with van der Waals surface area (Å²) in [6.45, 7) is 12.5. The van der Waals surface area contributed by atoms with Gasteiger partial charge in [-0.2, -0.15) is 10.2 Å². The van der Waals surface area contributed by atoms with Gasteiger partial charge in [0.2, 0.25) is 0 Å². The summed E-state index contributed by atoms with van der Waals surface area (Å²) < 4.78 is 0. The molecular formula is C22H31N5. The van der Waals surface area contributed by atoms with Crippen LogP contribution in [0, 0.1) is 5.92 Å². The first-order chi connectivity index (χ1) is 13.2. The molecule has 1 aromatic carbocycles. The summed E-state index contributed by atoms with van der Waals surface area (Å²) in [5, 5.41) is 12.5. The van der Waals surface area contributed by atoms with Crippen molar-refractivity contribution in [1.82, 2.24) is 15.6 Å². The third-order valence-electron chi connectivity index (χ3n) is 4.81. The fourth-order valence-electron chi connectivity index (χ4n) is 3.16. The van der Waals surface area contributed by atoms with Crippen LogP contribution < -0.4 is 5.43 Å². The van der Waals surface area contributed by atoms with E-state index in [1.807, 2.05) is 13.8 Å². The van der Waals surface area contributed by atoms with Crippen LogP contribution in [-0.4, -0.2) is 23.3 Å². The van der Waals surface area contributed by atoms with Gasteiger partial charge in [-0.15, -0.1) is 0 Å². The number of hydrogen-bond donors (Lipinski definition) is 2. The highest BCUT2D eigenvalue weighted by Crippen LogP contribution is 2.33. The summed E-state index contributed by atoms with van der Waals surface area (Å²) in [4.78, 5) is 4.29. The van der Waals surface area contributed by atoms with Crippen molar-refractivity contribution in [3.05, 3.63) is 53.3 Å². The molecule has 0 saturated carbocycles. The number of nitrogens with one attached hydrogen (secondary N) is 2. The lowest BCUT2D eigenvalue weighted by molar-refractivity contribution is 0.652. The number of rotatable bonds is 7. The molecule has 2 unspecified atom stereocenters. The summed E-state index contributed by atoms with van der Waals surface area (Å²) in [6, 6.07) is 6.30. The molecule has 2 aromatic rings. The van der Waals surface area contributed by atoms with Crippen molar-refractivity contribution in [3.63, 3.8) is 0 Å². The Kier molecular flexibility index (Phi) is 7.99. The van der Waals surface area contributed by atoms with Crippen LogP contribution in [0.25, 0.3) is 10.9 Å². The molecule has 3 rings (SSSR count). The summed E-state index contributed by atoms with van der Waals surface area (Å²) in [6.07, 6.45) is 10.7. The van der Waals surface area contributed by atoms with Crippen LogP contribution in [0.5, 0.6) is 0 Å². The van der Waals surface area contributed by atoms with Crippen LogP contribution in [-0.2, 0) is 6.54 Å². The van der Waals surface area contributed by atoms with E-state index in [1.165, 1.54) is 16.7 Å². The zero-order valence-corrected chi connectivity index (χ0v) is 16.9. The van der Waals surface area contributed by atoms with Gasteiger partial charge in [0.05, 0.1) is 17.8 Å². The van der Waals surface area contributed by atoms with Crippen molar-refractivity contribution in [2.75, 3.05) is 0 Å². The van der Waals surface area contributed by atoms with E-state index >= 15 is 0 Å². The molecule has 0 bridgehead atoms. The Hall–Kier alpha value is -2.69. The number of aliphatic imine (C=N–C) groups is 1. The minimum atomic E-state index is 0.351. The van der Waals surface area contributed by atoms with Gasteiger partial charge in [-0.25, -0.2) is 0 Å². The van der Waals surface area contributed by atoms with Crippen molar-refractivity contribution < 1.29 is 0 Å². The molecule has 1 heterocycles. The van der Waals surface area contributed by atoms with Gasteiger partial charge in [0.15, 0.2) is 0 Å². The van der Waals surface area contributed by atoms with E-state index in [-0.39, 0.29) is 0 Å². The average molecular weight is 366 g/mol. The van der Waals surface area contributed by atoms with E-state index in [4.69, 9.17) is 0 Å². The monoisotopic (exact) mass is 365 g/mol. The van der Waals surface area contributed by atoms with E-state index in [0.717, 1.165) is 23.9 Å². The molecule has 0 fully saturated rings. The Morgan fingerprint density at radius 2 is 2.22 bits per heavy atom. The number of nitrogens with zero attached hydrogens (tertiary/aromatic N) is 3. The van der Waals surface area contributed by atoms with Crippen LogP contribution in [0.15, 0.2) is 52.1 Å². The number of fused-ring (bicyclic) bond motifs is 1. The van der Waals surface area contributed by atoms with Crippen LogP contribution in [0.2, 0.25) is 0 Å².